The van der Waals surface area contributed by atoms with Crippen LogP contribution in [0, 0.1) is 11.6 Å². The first-order chi connectivity index (χ1) is 21.9. The Kier molecular flexibility index (Phi) is 10.0. The van der Waals surface area contributed by atoms with Crippen molar-refractivity contribution in [3.63, 3.8) is 0 Å². The first-order valence-electron chi connectivity index (χ1n) is 13.4. The van der Waals surface area contributed by atoms with Gasteiger partial charge in [-0.3, -0.25) is 0 Å². The van der Waals surface area contributed by atoms with Crippen LogP contribution < -0.4 is 11.1 Å². The topological polar surface area (TPSA) is 147 Å². The van der Waals surface area contributed by atoms with Gasteiger partial charge < -0.3 is 29.9 Å². The Morgan fingerprint density at radius 2 is 1.22 bits per heavy atom. The van der Waals surface area contributed by atoms with Crippen LogP contribution in [0.3, 0.4) is 0 Å². The van der Waals surface area contributed by atoms with Crippen LogP contribution in [0.25, 0.3) is 44.7 Å². The van der Waals surface area contributed by atoms with Crippen LogP contribution in [-0.4, -0.2) is 29.9 Å². The third-order valence-corrected chi connectivity index (χ3v) is 6.74. The lowest BCUT2D eigenvalue weighted by Gasteiger charge is -1.99. The summed E-state index contributed by atoms with van der Waals surface area (Å²) in [5.74, 6) is 0.672. The smallest absolute Gasteiger partial charge is 0.299 e. The molecule has 14 heteroatoms. The summed E-state index contributed by atoms with van der Waals surface area (Å²) in [4.78, 5) is 22.2. The van der Waals surface area contributed by atoms with Gasteiger partial charge in [-0.2, -0.15) is 0 Å². The number of fused-ring (bicyclic) bond motifs is 2. The molecule has 0 spiro atoms. The highest BCUT2D eigenvalue weighted by molar-refractivity contribution is 9.10. The number of aromatic nitrogens is 6. The van der Waals surface area contributed by atoms with Crippen molar-refractivity contribution in [1.82, 2.24) is 29.9 Å². The molecule has 10 nitrogen and oxygen atoms in total. The molecule has 0 aliphatic carbocycles. The largest absolute Gasteiger partial charge is 0.431 e. The average Bonchev–Trinajstić information content (AvgIpc) is 3.88. The third kappa shape index (κ3) is 7.57. The molecule has 0 aliphatic heterocycles. The fourth-order valence-corrected chi connectivity index (χ4v) is 4.53. The summed E-state index contributed by atoms with van der Waals surface area (Å²) in [6.07, 6.45) is 8.95. The number of hydrogen-bond acceptors (Lipinski definition) is 8. The third-order valence-electron chi connectivity index (χ3n) is 6.37. The molecule has 5 N–H and O–H groups in total. The Bertz CT molecular complexity index is 2170. The lowest BCUT2D eigenvalue weighted by Crippen LogP contribution is -1.89. The second-order valence-corrected chi connectivity index (χ2v) is 10.1. The second kappa shape index (κ2) is 14.5. The van der Waals surface area contributed by atoms with Gasteiger partial charge in [0.25, 0.3) is 10.8 Å². The Morgan fingerprint density at radius 3 is 1.83 bits per heavy atom. The normalized spacial score (nSPS) is 10.4. The SMILES string of the molecule is Brc1ncc(-c2ccccc2)o1.Cl.Fc1cnc2[nH]cc(Nc3ncc(-c4ccccc4)o3)c2c1.Nc1c[nH]c2ncc(F)cc12. The van der Waals surface area contributed by atoms with Gasteiger partial charge in [0.2, 0.25) is 0 Å². The number of nitrogens with two attached hydrogens (primary N) is 1. The molecule has 0 saturated heterocycles. The first kappa shape index (κ1) is 31.9. The van der Waals surface area contributed by atoms with Crippen LogP contribution in [0.5, 0.6) is 0 Å². The number of rotatable bonds is 4. The zero-order valence-corrected chi connectivity index (χ0v) is 26.0. The van der Waals surface area contributed by atoms with Crippen molar-refractivity contribution in [1.29, 1.82) is 0 Å². The number of anilines is 3. The van der Waals surface area contributed by atoms with E-state index in [1.54, 1.807) is 24.8 Å². The van der Waals surface area contributed by atoms with Crippen LogP contribution in [0.4, 0.5) is 26.2 Å². The highest BCUT2D eigenvalue weighted by Crippen LogP contribution is 2.28. The van der Waals surface area contributed by atoms with E-state index < -0.39 is 5.82 Å². The first-order valence-corrected chi connectivity index (χ1v) is 14.2. The standard InChI is InChI=1S/C16H11FN4O.C9H6BrNO.C7H6FN3.ClH/c17-11-6-12-13(8-19-15(12)18-7-11)21-16-20-9-14(22-16)10-4-2-1-3-5-10;10-9-11-6-8(12-9)7-4-2-1-3-5-7;8-4-1-5-6(9)3-11-7(5)10-2-4;/h1-9H,(H,18,19)(H,20,21);1-6H;1-3H,9H2,(H,10,11);1H. The number of nitrogens with zero attached hydrogens (tertiary/aromatic N) is 4. The van der Waals surface area contributed by atoms with E-state index in [-0.39, 0.29) is 18.2 Å². The molecular weight excluding hydrogens is 682 g/mol. The lowest BCUT2D eigenvalue weighted by molar-refractivity contribution is 0.542. The Balaban J connectivity index is 0.000000147. The fraction of sp³-hybridized carbons (Fsp3) is 0. The maximum absolute atomic E-state index is 13.3. The predicted molar refractivity (Wildman–Crippen MR) is 179 cm³/mol. The molecule has 0 radical (unpaired) electrons. The highest BCUT2D eigenvalue weighted by Gasteiger charge is 2.10. The van der Waals surface area contributed by atoms with E-state index in [4.69, 9.17) is 14.6 Å². The van der Waals surface area contributed by atoms with Crippen molar-refractivity contribution in [2.45, 2.75) is 0 Å². The molecule has 8 rings (SSSR count). The number of aromatic amines is 2. The van der Waals surface area contributed by atoms with Gasteiger partial charge in [-0.1, -0.05) is 60.7 Å². The van der Waals surface area contributed by atoms with E-state index in [9.17, 15) is 8.78 Å². The Labute approximate surface area is 274 Å². The van der Waals surface area contributed by atoms with E-state index in [0.29, 0.717) is 50.0 Å². The van der Waals surface area contributed by atoms with Gasteiger partial charge in [0.1, 0.15) is 22.9 Å². The van der Waals surface area contributed by atoms with Crippen molar-refractivity contribution < 1.29 is 17.6 Å². The van der Waals surface area contributed by atoms with Crippen molar-refractivity contribution in [2.75, 3.05) is 11.1 Å². The summed E-state index contributed by atoms with van der Waals surface area (Å²) in [5, 5.41) is 4.30. The van der Waals surface area contributed by atoms with E-state index in [1.807, 2.05) is 60.7 Å². The van der Waals surface area contributed by atoms with Crippen LogP contribution in [0.15, 0.2) is 124 Å². The number of pyridine rings is 2. The predicted octanol–water partition coefficient (Wildman–Crippen LogP) is 8.91. The van der Waals surface area contributed by atoms with Gasteiger partial charge in [0.15, 0.2) is 11.5 Å². The number of oxazole rings is 2. The van der Waals surface area contributed by atoms with E-state index in [0.717, 1.165) is 23.1 Å². The van der Waals surface area contributed by atoms with Crippen LogP contribution in [-0.2, 0) is 0 Å². The molecule has 0 atom stereocenters. The summed E-state index contributed by atoms with van der Waals surface area (Å²) in [6.45, 7) is 0. The van der Waals surface area contributed by atoms with Crippen LogP contribution in [0.2, 0.25) is 0 Å². The summed E-state index contributed by atoms with van der Waals surface area (Å²) < 4.78 is 36.8. The molecule has 0 fully saturated rings. The number of H-pyrrole nitrogens is 2. The van der Waals surface area contributed by atoms with E-state index in [2.05, 4.69) is 51.2 Å². The van der Waals surface area contributed by atoms with Gasteiger partial charge in [-0.25, -0.2) is 28.7 Å². The summed E-state index contributed by atoms with van der Waals surface area (Å²) in [6, 6.07) is 22.6. The maximum atomic E-state index is 13.3. The molecular formula is C32H24BrClF2N8O2. The van der Waals surface area contributed by atoms with Crippen molar-refractivity contribution in [2.24, 2.45) is 0 Å². The van der Waals surface area contributed by atoms with Gasteiger partial charge in [-0.15, -0.1) is 12.4 Å². The number of benzene rings is 2. The molecule has 0 bridgehead atoms. The minimum atomic E-state index is -0.396. The number of nitrogens with one attached hydrogen (secondary N) is 3. The zero-order valence-electron chi connectivity index (χ0n) is 23.6. The number of nitrogen functional groups attached to an aromatic ring is 1. The molecule has 0 aliphatic rings. The van der Waals surface area contributed by atoms with Gasteiger partial charge in [-0.05, 0) is 12.1 Å². The minimum Gasteiger partial charge on any atom is -0.431 e. The van der Waals surface area contributed by atoms with Gasteiger partial charge >= 0.3 is 0 Å². The summed E-state index contributed by atoms with van der Waals surface area (Å²) >= 11 is 3.15. The molecule has 0 amide bonds. The molecule has 0 saturated carbocycles. The second-order valence-electron chi connectivity index (χ2n) is 9.41. The maximum Gasteiger partial charge on any atom is 0.299 e. The van der Waals surface area contributed by atoms with E-state index >= 15 is 0 Å². The van der Waals surface area contributed by atoms with Crippen LogP contribution in [0.1, 0.15) is 0 Å². The monoisotopic (exact) mass is 704 g/mol. The van der Waals surface area contributed by atoms with Crippen molar-refractivity contribution in [3.05, 3.63) is 126 Å². The quantitative estimate of drug-likeness (QED) is 0.142. The van der Waals surface area contributed by atoms with Crippen LogP contribution >= 0.6 is 28.3 Å². The molecule has 8 aromatic rings. The molecule has 232 valence electrons. The number of hydrogen-bond donors (Lipinski definition) is 4. The molecule has 6 aromatic heterocycles. The number of halogens is 4. The average molecular weight is 706 g/mol. The van der Waals surface area contributed by atoms with Gasteiger partial charge in [0, 0.05) is 50.2 Å². The minimum absolute atomic E-state index is 0. The van der Waals surface area contributed by atoms with Crippen molar-refractivity contribution in [3.8, 4) is 22.6 Å². The lowest BCUT2D eigenvalue weighted by atomic mass is 10.2. The molecule has 6 heterocycles. The fourth-order valence-electron chi connectivity index (χ4n) is 4.25. The van der Waals surface area contributed by atoms with Crippen molar-refractivity contribution >= 4 is 67.8 Å². The Hall–Kier alpha value is -5.53. The summed E-state index contributed by atoms with van der Waals surface area (Å²) in [5.41, 5.74) is 9.87. The summed E-state index contributed by atoms with van der Waals surface area (Å²) in [7, 11) is 0. The highest BCUT2D eigenvalue weighted by atomic mass is 79.9. The van der Waals surface area contributed by atoms with Gasteiger partial charge in [0.05, 0.1) is 36.2 Å². The molecule has 0 unspecified atom stereocenters. The zero-order chi connectivity index (χ0) is 31.2. The molecule has 2 aromatic carbocycles. The van der Waals surface area contributed by atoms with E-state index in [1.165, 1.54) is 18.3 Å². The molecule has 46 heavy (non-hydrogen) atoms. The Morgan fingerprint density at radius 1 is 0.674 bits per heavy atom.